The van der Waals surface area contributed by atoms with E-state index in [-0.39, 0.29) is 17.3 Å². The summed E-state index contributed by atoms with van der Waals surface area (Å²) in [6, 6.07) is 3.81. The van der Waals surface area contributed by atoms with Crippen LogP contribution >= 0.6 is 15.9 Å². The first-order chi connectivity index (χ1) is 7.41. The van der Waals surface area contributed by atoms with Gasteiger partial charge in [-0.05, 0) is 58.3 Å². The maximum absolute atomic E-state index is 13.8. The summed E-state index contributed by atoms with van der Waals surface area (Å²) in [5.74, 6) is 0.0600. The number of hydrogen-bond donors (Lipinski definition) is 1. The van der Waals surface area contributed by atoms with Gasteiger partial charge in [0.15, 0.2) is 0 Å². The molecule has 3 heteroatoms. The van der Waals surface area contributed by atoms with Crippen molar-refractivity contribution in [1.82, 2.24) is 0 Å². The van der Waals surface area contributed by atoms with Crippen molar-refractivity contribution < 1.29 is 4.39 Å². The van der Waals surface area contributed by atoms with Crippen LogP contribution in [0, 0.1) is 5.82 Å². The van der Waals surface area contributed by atoms with E-state index >= 15 is 0 Å². The maximum atomic E-state index is 13.8. The number of halogens is 2. The molecule has 0 bridgehead atoms. The van der Waals surface area contributed by atoms with Gasteiger partial charge in [-0.3, -0.25) is 0 Å². The lowest BCUT2D eigenvalue weighted by Crippen LogP contribution is -2.24. The number of benzene rings is 1. The molecule has 0 spiro atoms. The van der Waals surface area contributed by atoms with Crippen LogP contribution in [0.25, 0.3) is 0 Å². The van der Waals surface area contributed by atoms with Crippen molar-refractivity contribution >= 4 is 15.9 Å². The fourth-order valence-electron chi connectivity index (χ4n) is 1.93. The van der Waals surface area contributed by atoms with E-state index in [9.17, 15) is 4.39 Å². The Morgan fingerprint density at radius 3 is 2.56 bits per heavy atom. The highest BCUT2D eigenvalue weighted by Gasteiger charge is 2.38. The molecule has 0 aliphatic heterocycles. The van der Waals surface area contributed by atoms with E-state index in [0.29, 0.717) is 4.47 Å². The van der Waals surface area contributed by atoms with Gasteiger partial charge in [0.05, 0.1) is 4.47 Å². The molecule has 16 heavy (non-hydrogen) atoms. The topological polar surface area (TPSA) is 26.0 Å². The summed E-state index contributed by atoms with van der Waals surface area (Å²) in [5.41, 5.74) is 7.97. The maximum Gasteiger partial charge on any atom is 0.140 e. The standard InChI is InChI=1S/C13H17BrFN/c1-8(2)10-5-9(6-11(14)12(10)15)7-13(16)3-4-13/h5-6,8H,3-4,7,16H2,1-2H3. The lowest BCUT2D eigenvalue weighted by atomic mass is 9.96. The molecule has 88 valence electrons. The van der Waals surface area contributed by atoms with Gasteiger partial charge in [-0.15, -0.1) is 0 Å². The normalized spacial score (nSPS) is 17.9. The third-order valence-corrected chi connectivity index (χ3v) is 3.76. The summed E-state index contributed by atoms with van der Waals surface area (Å²) in [5, 5.41) is 0. The van der Waals surface area contributed by atoms with Crippen molar-refractivity contribution in [2.45, 2.75) is 44.6 Å². The van der Waals surface area contributed by atoms with Crippen LogP contribution in [0.3, 0.4) is 0 Å². The highest BCUT2D eigenvalue weighted by Crippen LogP contribution is 2.37. The summed E-state index contributed by atoms with van der Waals surface area (Å²) in [7, 11) is 0. The zero-order valence-corrected chi connectivity index (χ0v) is 11.3. The summed E-state index contributed by atoms with van der Waals surface area (Å²) in [6.45, 7) is 4.01. The number of hydrogen-bond acceptors (Lipinski definition) is 1. The average Bonchev–Trinajstić information content (AvgIpc) is 2.89. The van der Waals surface area contributed by atoms with Gasteiger partial charge in [0.2, 0.25) is 0 Å². The molecular weight excluding hydrogens is 269 g/mol. The molecule has 2 rings (SSSR count). The Morgan fingerprint density at radius 1 is 1.44 bits per heavy atom. The minimum Gasteiger partial charge on any atom is -0.325 e. The lowest BCUT2D eigenvalue weighted by molar-refractivity contribution is 0.588. The molecule has 1 aliphatic rings. The Labute approximate surface area is 104 Å². The Kier molecular flexibility index (Phi) is 3.10. The number of rotatable bonds is 3. The molecule has 1 aromatic carbocycles. The number of nitrogens with two attached hydrogens (primary N) is 1. The molecule has 1 fully saturated rings. The summed E-state index contributed by atoms with van der Waals surface area (Å²) in [6.07, 6.45) is 3.02. The van der Waals surface area contributed by atoms with Gasteiger partial charge >= 0.3 is 0 Å². The predicted octanol–water partition coefficient (Wildman–Crippen LogP) is 3.75. The summed E-state index contributed by atoms with van der Waals surface area (Å²) >= 11 is 3.28. The zero-order chi connectivity index (χ0) is 11.9. The van der Waals surface area contributed by atoms with Gasteiger partial charge in [0.1, 0.15) is 5.82 Å². The molecule has 0 aromatic heterocycles. The van der Waals surface area contributed by atoms with Gasteiger partial charge in [0, 0.05) is 5.54 Å². The molecule has 0 heterocycles. The SMILES string of the molecule is CC(C)c1cc(CC2(N)CC2)cc(Br)c1F. The van der Waals surface area contributed by atoms with Crippen molar-refractivity contribution in [2.75, 3.05) is 0 Å². The zero-order valence-electron chi connectivity index (χ0n) is 9.69. The second kappa shape index (κ2) is 4.11. The fraction of sp³-hybridized carbons (Fsp3) is 0.538. The minimum absolute atomic E-state index is 0.0223. The highest BCUT2D eigenvalue weighted by atomic mass is 79.9. The van der Waals surface area contributed by atoms with Gasteiger partial charge in [-0.1, -0.05) is 19.9 Å². The van der Waals surface area contributed by atoms with Crippen LogP contribution in [0.2, 0.25) is 0 Å². The summed E-state index contributed by atoms with van der Waals surface area (Å²) in [4.78, 5) is 0. The Morgan fingerprint density at radius 2 is 2.06 bits per heavy atom. The lowest BCUT2D eigenvalue weighted by Gasteiger charge is -2.14. The molecular formula is C13H17BrFN. The van der Waals surface area contributed by atoms with Crippen LogP contribution in [0.1, 0.15) is 43.7 Å². The molecule has 2 N–H and O–H groups in total. The monoisotopic (exact) mass is 285 g/mol. The van der Waals surface area contributed by atoms with Crippen LogP contribution in [0.15, 0.2) is 16.6 Å². The average molecular weight is 286 g/mol. The van der Waals surface area contributed by atoms with Crippen LogP contribution in [-0.4, -0.2) is 5.54 Å². The van der Waals surface area contributed by atoms with E-state index in [4.69, 9.17) is 5.73 Å². The van der Waals surface area contributed by atoms with E-state index in [2.05, 4.69) is 15.9 Å². The smallest absolute Gasteiger partial charge is 0.140 e. The van der Waals surface area contributed by atoms with Crippen molar-refractivity contribution in [3.8, 4) is 0 Å². The molecule has 1 nitrogen and oxygen atoms in total. The van der Waals surface area contributed by atoms with Gasteiger partial charge in [-0.25, -0.2) is 4.39 Å². The molecule has 1 aliphatic carbocycles. The first-order valence-corrected chi connectivity index (χ1v) is 6.47. The molecule has 0 saturated heterocycles. The Balaban J connectivity index is 2.32. The second-order valence-corrected chi connectivity index (χ2v) is 6.03. The van der Waals surface area contributed by atoms with E-state index < -0.39 is 0 Å². The molecule has 0 amide bonds. The Hall–Kier alpha value is -0.410. The van der Waals surface area contributed by atoms with Crippen LogP contribution in [-0.2, 0) is 6.42 Å². The molecule has 1 saturated carbocycles. The van der Waals surface area contributed by atoms with Gasteiger partial charge in [-0.2, -0.15) is 0 Å². The largest absolute Gasteiger partial charge is 0.325 e. The van der Waals surface area contributed by atoms with Gasteiger partial charge in [0.25, 0.3) is 0 Å². The predicted molar refractivity (Wildman–Crippen MR) is 68.0 cm³/mol. The highest BCUT2D eigenvalue weighted by molar-refractivity contribution is 9.10. The van der Waals surface area contributed by atoms with Crippen LogP contribution < -0.4 is 5.73 Å². The fourth-order valence-corrected chi connectivity index (χ4v) is 2.46. The first kappa shape index (κ1) is 12.1. The van der Waals surface area contributed by atoms with E-state index in [1.165, 1.54) is 0 Å². The molecule has 0 atom stereocenters. The third kappa shape index (κ3) is 2.46. The van der Waals surface area contributed by atoms with Crippen molar-refractivity contribution in [1.29, 1.82) is 0 Å². The van der Waals surface area contributed by atoms with Crippen LogP contribution in [0.5, 0.6) is 0 Å². The summed E-state index contributed by atoms with van der Waals surface area (Å²) < 4.78 is 14.4. The molecule has 1 aromatic rings. The van der Waals surface area contributed by atoms with Crippen molar-refractivity contribution in [3.63, 3.8) is 0 Å². The van der Waals surface area contributed by atoms with E-state index in [1.807, 2.05) is 26.0 Å². The third-order valence-electron chi connectivity index (χ3n) is 3.19. The second-order valence-electron chi connectivity index (χ2n) is 5.17. The molecule has 0 radical (unpaired) electrons. The van der Waals surface area contributed by atoms with Gasteiger partial charge < -0.3 is 5.73 Å². The van der Waals surface area contributed by atoms with Crippen LogP contribution in [0.4, 0.5) is 4.39 Å². The van der Waals surface area contributed by atoms with E-state index in [1.54, 1.807) is 0 Å². The minimum atomic E-state index is -0.138. The van der Waals surface area contributed by atoms with Crippen molar-refractivity contribution in [3.05, 3.63) is 33.5 Å². The van der Waals surface area contributed by atoms with Crippen molar-refractivity contribution in [2.24, 2.45) is 5.73 Å². The Bertz CT molecular complexity index is 411. The first-order valence-electron chi connectivity index (χ1n) is 5.68. The molecule has 0 unspecified atom stereocenters. The quantitative estimate of drug-likeness (QED) is 0.900. The van der Waals surface area contributed by atoms with E-state index in [0.717, 1.165) is 30.4 Å².